The van der Waals surface area contributed by atoms with E-state index in [9.17, 15) is 9.90 Å². The Bertz CT molecular complexity index is 761. The van der Waals surface area contributed by atoms with Crippen molar-refractivity contribution in [3.63, 3.8) is 0 Å². The van der Waals surface area contributed by atoms with Crippen LogP contribution in [0.2, 0.25) is 0 Å². The smallest absolute Gasteiger partial charge is 0.332 e. The molecule has 0 saturated heterocycles. The third-order valence-electron chi connectivity index (χ3n) is 3.71. The Labute approximate surface area is 172 Å². The fraction of sp³-hybridized carbons (Fsp3) is 0.250. The van der Waals surface area contributed by atoms with Crippen LogP contribution in [-0.4, -0.2) is 34.6 Å². The molecule has 2 aromatic carbocycles. The van der Waals surface area contributed by atoms with E-state index in [0.29, 0.717) is 0 Å². The average Bonchev–Trinajstić information content (AvgIpc) is 2.67. The van der Waals surface area contributed by atoms with Gasteiger partial charge in [0.05, 0.1) is 0 Å². The Balaban J connectivity index is 2.08. The van der Waals surface area contributed by atoms with Crippen LogP contribution in [0.1, 0.15) is 6.42 Å². The molecule has 0 aliphatic heterocycles. The highest BCUT2D eigenvalue weighted by Crippen LogP contribution is 2.37. The van der Waals surface area contributed by atoms with Crippen LogP contribution in [0.4, 0.5) is 0 Å². The van der Waals surface area contributed by atoms with Gasteiger partial charge in [-0.1, -0.05) is 30.8 Å². The number of rotatable bonds is 10. The van der Waals surface area contributed by atoms with E-state index in [4.69, 9.17) is 0 Å². The summed E-state index contributed by atoms with van der Waals surface area (Å²) in [7, 11) is 0. The second kappa shape index (κ2) is 11.0. The molecule has 0 heterocycles. The molecule has 26 heavy (non-hydrogen) atoms. The number of aliphatic carboxylic acids is 1. The van der Waals surface area contributed by atoms with E-state index >= 15 is 0 Å². The average molecular weight is 423 g/mol. The highest BCUT2D eigenvalue weighted by atomic mass is 32.2. The van der Waals surface area contributed by atoms with Gasteiger partial charge in [0.2, 0.25) is 0 Å². The third-order valence-corrected chi connectivity index (χ3v) is 8.08. The Morgan fingerprint density at radius 3 is 2.00 bits per heavy atom. The summed E-state index contributed by atoms with van der Waals surface area (Å²) in [5.41, 5.74) is 0.268. The SMILES string of the molecule is C=C(C(=O)O)C(CCSc1ccccc1SC)Sc1ccccc1SC. The molecule has 1 N–H and O–H groups in total. The molecule has 0 fully saturated rings. The van der Waals surface area contributed by atoms with E-state index in [2.05, 4.69) is 37.1 Å². The molecule has 1 unspecified atom stereocenters. The van der Waals surface area contributed by atoms with Crippen LogP contribution in [0.3, 0.4) is 0 Å². The molecular weight excluding hydrogens is 400 g/mol. The van der Waals surface area contributed by atoms with Gasteiger partial charge in [0.15, 0.2) is 0 Å². The molecule has 2 rings (SSSR count). The first-order chi connectivity index (χ1) is 12.6. The van der Waals surface area contributed by atoms with E-state index in [1.807, 2.05) is 30.5 Å². The minimum atomic E-state index is -0.918. The molecule has 0 aliphatic carbocycles. The third kappa shape index (κ3) is 6.05. The van der Waals surface area contributed by atoms with Gasteiger partial charge >= 0.3 is 5.97 Å². The van der Waals surface area contributed by atoms with Gasteiger partial charge in [0, 0.05) is 30.4 Å². The maximum Gasteiger partial charge on any atom is 0.332 e. The van der Waals surface area contributed by atoms with Crippen molar-refractivity contribution in [3.05, 3.63) is 60.7 Å². The lowest BCUT2D eigenvalue weighted by Crippen LogP contribution is -2.15. The molecule has 2 aromatic rings. The zero-order valence-corrected chi connectivity index (χ0v) is 18.1. The van der Waals surface area contributed by atoms with Crippen molar-refractivity contribution in [2.75, 3.05) is 18.3 Å². The molecule has 0 bridgehead atoms. The van der Waals surface area contributed by atoms with Crippen LogP contribution in [0, 0.1) is 0 Å². The fourth-order valence-corrected chi connectivity index (χ4v) is 6.35. The zero-order valence-electron chi connectivity index (χ0n) is 14.8. The normalized spacial score (nSPS) is 11.9. The summed E-state index contributed by atoms with van der Waals surface area (Å²) in [6, 6.07) is 16.4. The quantitative estimate of drug-likeness (QED) is 0.352. The molecule has 138 valence electrons. The number of thioether (sulfide) groups is 4. The number of benzene rings is 2. The van der Waals surface area contributed by atoms with Crippen LogP contribution in [0.15, 0.2) is 80.3 Å². The van der Waals surface area contributed by atoms with Crippen LogP contribution >= 0.6 is 47.0 Å². The molecule has 2 nitrogen and oxygen atoms in total. The van der Waals surface area contributed by atoms with Crippen molar-refractivity contribution < 1.29 is 9.90 Å². The lowest BCUT2D eigenvalue weighted by molar-refractivity contribution is -0.132. The Kier molecular flexibility index (Phi) is 9.05. The van der Waals surface area contributed by atoms with E-state index in [1.54, 1.807) is 47.0 Å². The number of carboxylic acids is 1. The Morgan fingerprint density at radius 1 is 0.962 bits per heavy atom. The molecule has 0 spiro atoms. The second-order valence-electron chi connectivity index (χ2n) is 5.38. The standard InChI is InChI=1S/C20H22O2S4/c1-14(20(21)22)15(26-19-11-7-5-9-17(19)24-3)12-13-25-18-10-6-4-8-16(18)23-2/h4-11,15H,1,12-13H2,2-3H3,(H,21,22). The maximum atomic E-state index is 11.5. The van der Waals surface area contributed by atoms with Crippen molar-refractivity contribution in [3.8, 4) is 0 Å². The van der Waals surface area contributed by atoms with Gasteiger partial charge in [-0.2, -0.15) is 0 Å². The molecule has 6 heteroatoms. The molecular formula is C20H22O2S4. The number of carbonyl (C=O) groups is 1. The number of hydrogen-bond acceptors (Lipinski definition) is 5. The minimum absolute atomic E-state index is 0.144. The molecule has 0 saturated carbocycles. The Hall–Kier alpha value is -0.950. The van der Waals surface area contributed by atoms with Crippen LogP contribution < -0.4 is 0 Å². The molecule has 0 radical (unpaired) electrons. The first kappa shape index (κ1) is 21.4. The molecule has 0 amide bonds. The summed E-state index contributed by atoms with van der Waals surface area (Å²) in [5.74, 6) is -0.0677. The lowest BCUT2D eigenvalue weighted by Gasteiger charge is -2.18. The predicted octanol–water partition coefficient (Wildman–Crippen LogP) is 6.41. The van der Waals surface area contributed by atoms with Crippen molar-refractivity contribution in [1.29, 1.82) is 0 Å². The van der Waals surface area contributed by atoms with Crippen molar-refractivity contribution >= 4 is 53.0 Å². The van der Waals surface area contributed by atoms with Gasteiger partial charge in [0.1, 0.15) is 0 Å². The summed E-state index contributed by atoms with van der Waals surface area (Å²) in [6.07, 6.45) is 4.87. The summed E-state index contributed by atoms with van der Waals surface area (Å²) < 4.78 is 0. The van der Waals surface area contributed by atoms with E-state index < -0.39 is 5.97 Å². The van der Waals surface area contributed by atoms with Gasteiger partial charge in [-0.25, -0.2) is 4.79 Å². The van der Waals surface area contributed by atoms with Gasteiger partial charge in [-0.3, -0.25) is 0 Å². The van der Waals surface area contributed by atoms with Gasteiger partial charge in [0.25, 0.3) is 0 Å². The van der Waals surface area contributed by atoms with E-state index in [0.717, 1.165) is 17.1 Å². The Morgan fingerprint density at radius 2 is 1.46 bits per heavy atom. The van der Waals surface area contributed by atoms with Gasteiger partial charge < -0.3 is 5.11 Å². The second-order valence-corrected chi connectivity index (χ2v) is 9.45. The van der Waals surface area contributed by atoms with Crippen LogP contribution in [0.5, 0.6) is 0 Å². The van der Waals surface area contributed by atoms with Gasteiger partial charge in [-0.15, -0.1) is 47.0 Å². The monoisotopic (exact) mass is 422 g/mol. The maximum absolute atomic E-state index is 11.5. The number of carboxylic acid groups (broad SMARTS) is 1. The summed E-state index contributed by atoms with van der Waals surface area (Å²) in [5, 5.41) is 9.28. The summed E-state index contributed by atoms with van der Waals surface area (Å²) in [4.78, 5) is 16.3. The van der Waals surface area contributed by atoms with Crippen molar-refractivity contribution in [2.45, 2.75) is 31.3 Å². The highest BCUT2D eigenvalue weighted by Gasteiger charge is 2.21. The predicted molar refractivity (Wildman–Crippen MR) is 118 cm³/mol. The topological polar surface area (TPSA) is 37.3 Å². The first-order valence-electron chi connectivity index (χ1n) is 8.04. The van der Waals surface area contributed by atoms with Gasteiger partial charge in [-0.05, 0) is 49.0 Å². The largest absolute Gasteiger partial charge is 0.478 e. The first-order valence-corrected chi connectivity index (χ1v) is 12.4. The summed E-state index contributed by atoms with van der Waals surface area (Å²) in [6.45, 7) is 3.83. The summed E-state index contributed by atoms with van der Waals surface area (Å²) >= 11 is 6.79. The molecule has 0 aliphatic rings. The van der Waals surface area contributed by atoms with Crippen molar-refractivity contribution in [2.24, 2.45) is 0 Å². The lowest BCUT2D eigenvalue weighted by atomic mass is 10.2. The minimum Gasteiger partial charge on any atom is -0.478 e. The molecule has 1 atom stereocenters. The highest BCUT2D eigenvalue weighted by molar-refractivity contribution is 8.03. The molecule has 0 aromatic heterocycles. The van der Waals surface area contributed by atoms with Crippen LogP contribution in [0.25, 0.3) is 0 Å². The fourth-order valence-electron chi connectivity index (χ4n) is 2.33. The number of hydrogen-bond donors (Lipinski definition) is 1. The van der Waals surface area contributed by atoms with Crippen molar-refractivity contribution in [1.82, 2.24) is 0 Å². The van der Waals surface area contributed by atoms with E-state index in [1.165, 1.54) is 14.7 Å². The van der Waals surface area contributed by atoms with Crippen LogP contribution in [-0.2, 0) is 4.79 Å². The zero-order chi connectivity index (χ0) is 18.9. The van der Waals surface area contributed by atoms with E-state index in [-0.39, 0.29) is 10.8 Å².